The molecule has 342 valence electrons. The Kier molecular flexibility index (Phi) is 18.4. The van der Waals surface area contributed by atoms with E-state index in [0.717, 1.165) is 0 Å². The highest BCUT2D eigenvalue weighted by Gasteiger charge is 2.44. The molecule has 2 heterocycles. The fourth-order valence-corrected chi connectivity index (χ4v) is 7.56. The van der Waals surface area contributed by atoms with Crippen LogP contribution in [-0.2, 0) is 44.7 Å². The normalized spacial score (nSPS) is 27.3. The van der Waals surface area contributed by atoms with Crippen molar-refractivity contribution in [2.75, 3.05) is 20.7 Å². The van der Waals surface area contributed by atoms with Gasteiger partial charge in [0, 0.05) is 20.0 Å². The maximum absolute atomic E-state index is 14.5. The zero-order chi connectivity index (χ0) is 45.9. The van der Waals surface area contributed by atoms with E-state index in [2.05, 4.69) is 21.3 Å². The number of likely N-dealkylation sites (N-methyl/N-ethyl adjacent to an activating group) is 1. The molecule has 0 unspecified atom stereocenters. The van der Waals surface area contributed by atoms with Gasteiger partial charge >= 0.3 is 12.1 Å². The molecule has 17 heteroatoms. The summed E-state index contributed by atoms with van der Waals surface area (Å²) in [6.45, 7) is 17.4. The molecule has 6 amide bonds. The minimum Gasteiger partial charge on any atom is -0.497 e. The first-order chi connectivity index (χ1) is 28.5. The predicted molar refractivity (Wildman–Crippen MR) is 227 cm³/mol. The first kappa shape index (κ1) is 50.4. The maximum Gasteiger partial charge on any atom is 0.408 e. The predicted octanol–water partition coefficient (Wildman–Crippen LogP) is 2.85. The van der Waals surface area contributed by atoms with Crippen LogP contribution < -0.4 is 26.0 Å². The molecule has 0 spiro atoms. The van der Waals surface area contributed by atoms with Crippen LogP contribution >= 0.6 is 0 Å². The van der Waals surface area contributed by atoms with Crippen LogP contribution in [0, 0.1) is 17.8 Å². The molecule has 2 fully saturated rings. The summed E-state index contributed by atoms with van der Waals surface area (Å²) in [5.41, 5.74) is -0.314. The van der Waals surface area contributed by atoms with Gasteiger partial charge < -0.3 is 50.4 Å². The molecule has 2 aliphatic heterocycles. The Morgan fingerprint density at radius 1 is 0.967 bits per heavy atom. The van der Waals surface area contributed by atoms with Crippen LogP contribution in [0.15, 0.2) is 24.3 Å². The van der Waals surface area contributed by atoms with Crippen molar-refractivity contribution in [3.63, 3.8) is 0 Å². The van der Waals surface area contributed by atoms with E-state index in [9.17, 15) is 38.7 Å². The zero-order valence-corrected chi connectivity index (χ0v) is 38.0. The molecule has 0 aliphatic carbocycles. The van der Waals surface area contributed by atoms with Gasteiger partial charge in [-0.05, 0) is 82.4 Å². The number of fused-ring (bicyclic) bond motifs is 1. The molecular formula is C44H70N6O11. The molecule has 0 aromatic heterocycles. The molecule has 1 aromatic rings. The van der Waals surface area contributed by atoms with Crippen LogP contribution in [0.25, 0.3) is 0 Å². The SMILES string of the molecule is CC[C@H](C)[C@H]1NC(=O)[C@@H](NC(=O)OC(C)(C)C)[C@@H](C)OC(=O)[C@H](Cc2ccc(OC)cc2)N(C)C(=O)[C@@H]2CCCN2C(=O)[C@H](CC(C)C)NC(=O)[C@H](C(C)C)NC(=O)C[C@@H]1O. The first-order valence-corrected chi connectivity index (χ1v) is 21.5. The van der Waals surface area contributed by atoms with Gasteiger partial charge in [0.05, 0.1) is 25.7 Å². The number of nitrogens with one attached hydrogen (secondary N) is 4. The lowest BCUT2D eigenvalue weighted by Crippen LogP contribution is -2.60. The molecule has 3 rings (SSSR count). The van der Waals surface area contributed by atoms with Crippen molar-refractivity contribution >= 4 is 41.6 Å². The van der Waals surface area contributed by atoms with Gasteiger partial charge in [-0.2, -0.15) is 0 Å². The highest BCUT2D eigenvalue weighted by molar-refractivity contribution is 5.96. The van der Waals surface area contributed by atoms with Crippen LogP contribution in [-0.4, -0.2) is 131 Å². The summed E-state index contributed by atoms with van der Waals surface area (Å²) >= 11 is 0. The molecule has 0 radical (unpaired) electrons. The zero-order valence-electron chi connectivity index (χ0n) is 38.0. The Morgan fingerprint density at radius 2 is 1.61 bits per heavy atom. The monoisotopic (exact) mass is 859 g/mol. The number of esters is 1. The van der Waals surface area contributed by atoms with Crippen molar-refractivity contribution in [2.45, 2.75) is 162 Å². The minimum atomic E-state index is -1.57. The number of aliphatic hydroxyl groups excluding tert-OH is 1. The highest BCUT2D eigenvalue weighted by atomic mass is 16.6. The molecular weight excluding hydrogens is 789 g/mol. The third kappa shape index (κ3) is 14.3. The molecule has 9 atom stereocenters. The molecule has 0 saturated carbocycles. The second-order valence-electron chi connectivity index (χ2n) is 18.1. The fraction of sp³-hybridized carbons (Fsp3) is 0.705. The van der Waals surface area contributed by atoms with Crippen LogP contribution in [0.1, 0.15) is 107 Å². The number of carbonyl (C=O) groups is 7. The number of hydrogen-bond donors (Lipinski definition) is 5. The summed E-state index contributed by atoms with van der Waals surface area (Å²) < 4.78 is 16.7. The highest BCUT2D eigenvalue weighted by Crippen LogP contribution is 2.25. The van der Waals surface area contributed by atoms with Gasteiger partial charge in [0.2, 0.25) is 29.5 Å². The van der Waals surface area contributed by atoms with E-state index >= 15 is 0 Å². The lowest BCUT2D eigenvalue weighted by atomic mass is 9.91. The lowest BCUT2D eigenvalue weighted by Gasteiger charge is -2.35. The standard InChI is InChI=1S/C44H70N6O11/c1-13-26(6)36-33(51)23-34(52)46-35(25(4)5)38(53)45-30(21-24(2)3)40(55)50-20-14-15-31(50)41(56)49(11)32(22-28-16-18-29(59-12)19-17-28)42(57)60-27(7)37(39(54)47-36)48-43(58)61-44(8,9)10/h16-19,24-27,30-33,35-37,51H,13-15,20-23H2,1-12H3,(H,45,53)(H,46,52)(H,47,54)(H,48,58)/t26-,27+,30-,31-,32-,33-,35-,36+,37-/m0/s1. The molecule has 17 nitrogen and oxygen atoms in total. The van der Waals surface area contributed by atoms with Gasteiger partial charge in [0.1, 0.15) is 47.7 Å². The number of rotatable bonds is 9. The summed E-state index contributed by atoms with van der Waals surface area (Å²) in [7, 11) is 2.97. The second kappa shape index (κ2) is 22.2. The summed E-state index contributed by atoms with van der Waals surface area (Å²) in [4.78, 5) is 101. The van der Waals surface area contributed by atoms with Gasteiger partial charge in [-0.25, -0.2) is 9.59 Å². The number of alkyl carbamates (subject to hydrolysis) is 1. The Morgan fingerprint density at radius 3 is 2.16 bits per heavy atom. The van der Waals surface area contributed by atoms with Crippen LogP contribution in [0.3, 0.4) is 0 Å². The molecule has 61 heavy (non-hydrogen) atoms. The van der Waals surface area contributed by atoms with E-state index in [4.69, 9.17) is 14.2 Å². The quantitative estimate of drug-likeness (QED) is 0.227. The summed E-state index contributed by atoms with van der Waals surface area (Å²) in [6, 6.07) is -0.102. The largest absolute Gasteiger partial charge is 0.497 e. The molecule has 1 aromatic carbocycles. The van der Waals surface area contributed by atoms with E-state index in [1.54, 1.807) is 65.8 Å². The van der Waals surface area contributed by atoms with Crippen molar-refractivity contribution in [1.29, 1.82) is 0 Å². The minimum absolute atomic E-state index is 0.0270. The van der Waals surface area contributed by atoms with Crippen molar-refractivity contribution in [2.24, 2.45) is 17.8 Å². The Labute approximate surface area is 360 Å². The number of nitrogens with zero attached hydrogens (tertiary/aromatic N) is 2. The van der Waals surface area contributed by atoms with E-state index in [1.165, 1.54) is 30.9 Å². The molecule has 5 N–H and O–H groups in total. The number of methoxy groups -OCH3 is 1. The second-order valence-corrected chi connectivity index (χ2v) is 18.1. The van der Waals surface area contributed by atoms with Gasteiger partial charge in [0.25, 0.3) is 0 Å². The van der Waals surface area contributed by atoms with Gasteiger partial charge in [0.15, 0.2) is 0 Å². The lowest BCUT2D eigenvalue weighted by molar-refractivity contribution is -0.161. The van der Waals surface area contributed by atoms with E-state index < -0.39 is 114 Å². The van der Waals surface area contributed by atoms with Crippen molar-refractivity contribution in [1.82, 2.24) is 31.1 Å². The van der Waals surface area contributed by atoms with Crippen molar-refractivity contribution in [3.05, 3.63) is 29.8 Å². The van der Waals surface area contributed by atoms with Gasteiger partial charge in [-0.3, -0.25) is 24.0 Å². The smallest absolute Gasteiger partial charge is 0.408 e. The number of cyclic esters (lactones) is 1. The maximum atomic E-state index is 14.5. The van der Waals surface area contributed by atoms with Crippen molar-refractivity contribution < 1.29 is 52.9 Å². The number of hydrogen-bond acceptors (Lipinski definition) is 11. The Bertz CT molecular complexity index is 1700. The summed E-state index contributed by atoms with van der Waals surface area (Å²) in [5.74, 6) is -4.33. The topological polar surface area (TPSA) is 222 Å². The van der Waals surface area contributed by atoms with Gasteiger partial charge in [-0.15, -0.1) is 0 Å². The average Bonchev–Trinajstić information content (AvgIpc) is 3.67. The summed E-state index contributed by atoms with van der Waals surface area (Å²) in [6.07, 6.45) is -2.85. The average molecular weight is 859 g/mol. The van der Waals surface area contributed by atoms with Crippen LogP contribution in [0.5, 0.6) is 5.75 Å². The fourth-order valence-electron chi connectivity index (χ4n) is 7.56. The number of aliphatic hydroxyl groups is 1. The van der Waals surface area contributed by atoms with Crippen LogP contribution in [0.4, 0.5) is 4.79 Å². The van der Waals surface area contributed by atoms with E-state index in [-0.39, 0.29) is 25.3 Å². The van der Waals surface area contributed by atoms with Gasteiger partial charge in [-0.1, -0.05) is 60.1 Å². The van der Waals surface area contributed by atoms with E-state index in [1.807, 2.05) is 20.8 Å². The molecule has 2 aliphatic rings. The number of benzene rings is 1. The Balaban J connectivity index is 2.20. The van der Waals surface area contributed by atoms with E-state index in [0.29, 0.717) is 30.6 Å². The van der Waals surface area contributed by atoms with Crippen molar-refractivity contribution in [3.8, 4) is 5.75 Å². The number of amides is 6. The summed E-state index contributed by atoms with van der Waals surface area (Å²) in [5, 5.41) is 22.4. The molecule has 0 bridgehead atoms. The number of ether oxygens (including phenoxy) is 3. The third-order valence-electron chi connectivity index (χ3n) is 11.2. The van der Waals surface area contributed by atoms with Crippen LogP contribution in [0.2, 0.25) is 0 Å². The Hall–Kier alpha value is -4.93. The number of carbonyl (C=O) groups excluding carboxylic acids is 7. The third-order valence-corrected chi connectivity index (χ3v) is 11.2. The molecule has 2 saturated heterocycles. The first-order valence-electron chi connectivity index (χ1n) is 21.5.